The Balaban J connectivity index is 4.84. The lowest BCUT2D eigenvalue weighted by Crippen LogP contribution is -2.56. The summed E-state index contributed by atoms with van der Waals surface area (Å²) in [6, 6.07) is 4.68. The molecule has 110 valence electrons. The first-order chi connectivity index (χ1) is 8.54. The summed E-state index contributed by atoms with van der Waals surface area (Å²) in [4.78, 5) is 0. The van der Waals surface area contributed by atoms with Gasteiger partial charge in [0.25, 0.3) is 0 Å². The molecular formula is C15H37NSi2. The van der Waals surface area contributed by atoms with E-state index < -0.39 is 17.2 Å². The van der Waals surface area contributed by atoms with Crippen LogP contribution in [0.1, 0.15) is 59.3 Å². The van der Waals surface area contributed by atoms with E-state index in [1.807, 2.05) is 0 Å². The Kier molecular flexibility index (Phi) is 10.4. The fraction of sp³-hybridized carbons (Fsp3) is 1.00. The van der Waals surface area contributed by atoms with Crippen LogP contribution in [-0.2, 0) is 0 Å². The van der Waals surface area contributed by atoms with Crippen molar-refractivity contribution in [3.63, 3.8) is 0 Å². The Morgan fingerprint density at radius 3 is 1.33 bits per heavy atom. The molecule has 0 rings (SSSR count). The SMILES string of the molecule is CCCC[Si](CCCC)(CCCC)N(C)[SiH](C)C. The van der Waals surface area contributed by atoms with Gasteiger partial charge in [-0.05, 0) is 25.2 Å². The molecular weight excluding hydrogens is 250 g/mol. The Morgan fingerprint density at radius 2 is 1.11 bits per heavy atom. The Labute approximate surface area is 119 Å². The van der Waals surface area contributed by atoms with Crippen LogP contribution in [0.5, 0.6) is 0 Å². The zero-order chi connectivity index (χ0) is 14.0. The zero-order valence-electron chi connectivity index (χ0n) is 13.9. The van der Waals surface area contributed by atoms with E-state index in [1.54, 1.807) is 18.1 Å². The van der Waals surface area contributed by atoms with Gasteiger partial charge in [0.15, 0.2) is 0 Å². The molecule has 0 heterocycles. The summed E-state index contributed by atoms with van der Waals surface area (Å²) < 4.78 is 2.95. The Hall–Kier alpha value is 0.394. The molecule has 1 nitrogen and oxygen atoms in total. The fourth-order valence-corrected chi connectivity index (χ4v) is 13.4. The average Bonchev–Trinajstić information content (AvgIpc) is 2.37. The molecule has 0 aliphatic carbocycles. The van der Waals surface area contributed by atoms with Crippen molar-refractivity contribution in [2.75, 3.05) is 7.05 Å². The molecule has 0 unspecified atom stereocenters. The molecule has 0 bridgehead atoms. The van der Waals surface area contributed by atoms with Crippen molar-refractivity contribution < 1.29 is 0 Å². The third kappa shape index (κ3) is 6.02. The predicted molar refractivity (Wildman–Crippen MR) is 91.5 cm³/mol. The molecule has 0 amide bonds. The van der Waals surface area contributed by atoms with Gasteiger partial charge in [-0.1, -0.05) is 72.4 Å². The van der Waals surface area contributed by atoms with E-state index in [0.29, 0.717) is 0 Å². The highest BCUT2D eigenvalue weighted by Crippen LogP contribution is 2.31. The standard InChI is InChI=1S/C15H37NSi2/c1-7-10-13-18(14-11-8-2,15-12-9-3)16(4)17(5)6/h17H,7-15H2,1-6H3. The van der Waals surface area contributed by atoms with Gasteiger partial charge in [-0.2, -0.15) is 0 Å². The van der Waals surface area contributed by atoms with E-state index in [9.17, 15) is 0 Å². The predicted octanol–water partition coefficient (Wildman–Crippen LogP) is 5.25. The van der Waals surface area contributed by atoms with Crippen LogP contribution in [0.25, 0.3) is 0 Å². The molecule has 0 aromatic carbocycles. The number of rotatable bonds is 11. The summed E-state index contributed by atoms with van der Waals surface area (Å²) in [6.45, 7) is 12.1. The van der Waals surface area contributed by atoms with Crippen molar-refractivity contribution in [2.24, 2.45) is 0 Å². The maximum Gasteiger partial charge on any atom is 0.121 e. The monoisotopic (exact) mass is 287 g/mol. The van der Waals surface area contributed by atoms with Crippen LogP contribution in [-0.4, -0.2) is 28.5 Å². The molecule has 0 spiro atoms. The first kappa shape index (κ1) is 18.4. The lowest BCUT2D eigenvalue weighted by Gasteiger charge is -2.43. The number of hydrogen-bond acceptors (Lipinski definition) is 1. The van der Waals surface area contributed by atoms with Crippen LogP contribution in [0.15, 0.2) is 0 Å². The largest absolute Gasteiger partial charge is 0.350 e. The summed E-state index contributed by atoms with van der Waals surface area (Å²) in [7, 11) is 0.724. The van der Waals surface area contributed by atoms with Crippen molar-refractivity contribution in [1.82, 2.24) is 4.23 Å². The van der Waals surface area contributed by atoms with Gasteiger partial charge in [-0.25, -0.2) is 0 Å². The van der Waals surface area contributed by atoms with Gasteiger partial charge in [0.2, 0.25) is 0 Å². The molecule has 3 heteroatoms. The maximum atomic E-state index is 2.95. The van der Waals surface area contributed by atoms with E-state index in [0.717, 1.165) is 0 Å². The second-order valence-corrected chi connectivity index (χ2v) is 14.4. The second-order valence-electron chi connectivity index (χ2n) is 6.24. The minimum atomic E-state index is -1.13. The Morgan fingerprint density at radius 1 is 0.778 bits per heavy atom. The highest BCUT2D eigenvalue weighted by molar-refractivity contribution is 6.85. The van der Waals surface area contributed by atoms with Crippen LogP contribution in [0.3, 0.4) is 0 Å². The van der Waals surface area contributed by atoms with Crippen LogP contribution in [0.4, 0.5) is 0 Å². The third-order valence-electron chi connectivity index (χ3n) is 4.51. The summed E-state index contributed by atoms with van der Waals surface area (Å²) in [5.74, 6) is 0. The van der Waals surface area contributed by atoms with E-state index in [4.69, 9.17) is 0 Å². The first-order valence-corrected chi connectivity index (χ1v) is 13.7. The lowest BCUT2D eigenvalue weighted by molar-refractivity contribution is 0.674. The van der Waals surface area contributed by atoms with Crippen molar-refractivity contribution in [2.45, 2.75) is 90.5 Å². The lowest BCUT2D eigenvalue weighted by atomic mass is 10.4. The summed E-state index contributed by atoms with van der Waals surface area (Å²) >= 11 is 0. The molecule has 0 saturated heterocycles. The molecule has 0 aromatic heterocycles. The van der Waals surface area contributed by atoms with Gasteiger partial charge in [-0.15, -0.1) is 0 Å². The number of hydrogen-bond donors (Lipinski definition) is 0. The van der Waals surface area contributed by atoms with Gasteiger partial charge >= 0.3 is 0 Å². The third-order valence-corrected chi connectivity index (χ3v) is 14.6. The minimum Gasteiger partial charge on any atom is -0.350 e. The van der Waals surface area contributed by atoms with Crippen LogP contribution in [0.2, 0.25) is 31.2 Å². The van der Waals surface area contributed by atoms with Crippen molar-refractivity contribution >= 4 is 17.2 Å². The van der Waals surface area contributed by atoms with E-state index in [2.05, 4.69) is 45.1 Å². The van der Waals surface area contributed by atoms with Gasteiger partial charge < -0.3 is 4.23 Å². The molecule has 0 aliphatic rings. The summed E-state index contributed by atoms with van der Waals surface area (Å²) in [5.41, 5.74) is 0. The Bertz CT molecular complexity index is 173. The van der Waals surface area contributed by atoms with Gasteiger partial charge in [0.1, 0.15) is 8.24 Å². The maximum absolute atomic E-state index is 2.95. The van der Waals surface area contributed by atoms with Crippen molar-refractivity contribution in [3.8, 4) is 0 Å². The second kappa shape index (κ2) is 10.2. The van der Waals surface area contributed by atoms with E-state index >= 15 is 0 Å². The highest BCUT2D eigenvalue weighted by Gasteiger charge is 2.36. The molecule has 0 aliphatic heterocycles. The zero-order valence-corrected chi connectivity index (χ0v) is 16.0. The molecule has 0 radical (unpaired) electrons. The van der Waals surface area contributed by atoms with Crippen LogP contribution < -0.4 is 0 Å². The molecule has 18 heavy (non-hydrogen) atoms. The van der Waals surface area contributed by atoms with Crippen molar-refractivity contribution in [3.05, 3.63) is 0 Å². The number of unbranched alkanes of at least 4 members (excludes halogenated alkanes) is 3. The highest BCUT2D eigenvalue weighted by atomic mass is 28.4. The van der Waals surface area contributed by atoms with Crippen LogP contribution >= 0.6 is 0 Å². The topological polar surface area (TPSA) is 3.24 Å². The quantitative estimate of drug-likeness (QED) is 0.469. The fourth-order valence-electron chi connectivity index (χ4n) is 2.97. The smallest absolute Gasteiger partial charge is 0.121 e. The molecule has 0 N–H and O–H groups in total. The number of nitrogens with zero attached hydrogens (tertiary/aromatic N) is 1. The minimum absolute atomic E-state index is 0.623. The molecule has 0 atom stereocenters. The first-order valence-electron chi connectivity index (χ1n) is 8.27. The van der Waals surface area contributed by atoms with E-state index in [1.165, 1.54) is 38.5 Å². The molecule has 0 fully saturated rings. The normalized spacial score (nSPS) is 12.7. The van der Waals surface area contributed by atoms with Gasteiger partial charge in [0, 0.05) is 0 Å². The van der Waals surface area contributed by atoms with Gasteiger partial charge in [0.05, 0.1) is 8.96 Å². The van der Waals surface area contributed by atoms with Gasteiger partial charge in [-0.3, -0.25) is 0 Å². The summed E-state index contributed by atoms with van der Waals surface area (Å²) in [5, 5.41) is 0. The molecule has 0 aromatic rings. The molecule has 0 saturated carbocycles. The average molecular weight is 288 g/mol. The van der Waals surface area contributed by atoms with E-state index in [-0.39, 0.29) is 0 Å². The summed E-state index contributed by atoms with van der Waals surface area (Å²) in [6.07, 6.45) is 8.52. The van der Waals surface area contributed by atoms with Crippen molar-refractivity contribution in [1.29, 1.82) is 0 Å². The van der Waals surface area contributed by atoms with Crippen LogP contribution in [0, 0.1) is 0 Å².